The third kappa shape index (κ3) is 4.40. The molecule has 2 rings (SSSR count). The van der Waals surface area contributed by atoms with Crippen molar-refractivity contribution in [2.24, 2.45) is 5.92 Å². The molecule has 0 fully saturated rings. The summed E-state index contributed by atoms with van der Waals surface area (Å²) >= 11 is 0. The summed E-state index contributed by atoms with van der Waals surface area (Å²) in [5.41, 5.74) is -0.883. The number of carbonyl (C=O) groups excluding carboxylic acids is 3. The molecule has 3 N–H and O–H groups in total. The van der Waals surface area contributed by atoms with Gasteiger partial charge in [0.05, 0.1) is 6.85 Å². The molecule has 1 aromatic rings. The summed E-state index contributed by atoms with van der Waals surface area (Å²) in [6.07, 6.45) is -2.04. The van der Waals surface area contributed by atoms with Crippen molar-refractivity contribution >= 4 is 17.7 Å². The van der Waals surface area contributed by atoms with E-state index >= 15 is 0 Å². The monoisotopic (exact) mass is 368 g/mol. The molecule has 1 heterocycles. The standard InChI is InChI=1S/C19H27N3O4/c1-11(2)16(23)18(25)20-12(3)17(24)21-15-14-8-6-5-7-13(14)9-10-22(4)19(15)26/h5-8,11-12,15-16,23H,9-10H2,1-4H3,(H,20,25)(H,21,24)/t12-,15-,16-/m0/s1/i5D,6D,7D,8D,10D2,15D. The Balaban J connectivity index is 2.59. The highest BCUT2D eigenvalue weighted by Gasteiger charge is 2.32. The summed E-state index contributed by atoms with van der Waals surface area (Å²) in [5, 5.41) is 14.2. The molecular weight excluding hydrogens is 334 g/mol. The maximum atomic E-state index is 13.2. The van der Waals surface area contributed by atoms with E-state index in [1.165, 1.54) is 6.92 Å². The number of amides is 3. The number of hydrogen-bond donors (Lipinski definition) is 3. The molecule has 142 valence electrons. The van der Waals surface area contributed by atoms with Crippen LogP contribution in [-0.4, -0.2) is 53.4 Å². The Bertz CT molecular complexity index is 1000. The highest BCUT2D eigenvalue weighted by Crippen LogP contribution is 2.24. The quantitative estimate of drug-likeness (QED) is 0.700. The first kappa shape index (κ1) is 12.1. The van der Waals surface area contributed by atoms with Gasteiger partial charge < -0.3 is 20.6 Å². The number of fused-ring (bicyclic) bond motifs is 1. The summed E-state index contributed by atoms with van der Waals surface area (Å²) in [6, 6.07) is -6.92. The second-order valence-electron chi connectivity index (χ2n) is 6.34. The molecular formula is C19H27N3O4. The van der Waals surface area contributed by atoms with Crippen molar-refractivity contribution in [2.45, 2.75) is 45.4 Å². The maximum Gasteiger partial charge on any atom is 0.249 e. The molecule has 0 aromatic heterocycles. The largest absolute Gasteiger partial charge is 0.383 e. The molecule has 7 heteroatoms. The van der Waals surface area contributed by atoms with Gasteiger partial charge in [0, 0.05) is 16.3 Å². The maximum absolute atomic E-state index is 13.2. The zero-order valence-corrected chi connectivity index (χ0v) is 15.1. The fourth-order valence-electron chi connectivity index (χ4n) is 2.24. The van der Waals surface area contributed by atoms with Crippen molar-refractivity contribution in [3.05, 3.63) is 35.3 Å². The molecule has 7 nitrogen and oxygen atoms in total. The number of aliphatic hydroxyl groups excluding tert-OH is 1. The molecule has 1 aliphatic heterocycles. The fourth-order valence-corrected chi connectivity index (χ4v) is 2.24. The molecule has 1 aliphatic rings. The van der Waals surface area contributed by atoms with Gasteiger partial charge >= 0.3 is 0 Å². The third-order valence-corrected chi connectivity index (χ3v) is 3.93. The minimum absolute atomic E-state index is 0.314. The van der Waals surface area contributed by atoms with Gasteiger partial charge in [0.25, 0.3) is 0 Å². The molecule has 0 radical (unpaired) electrons. The normalized spacial score (nSPS) is 28.0. The van der Waals surface area contributed by atoms with Crippen molar-refractivity contribution in [1.29, 1.82) is 0 Å². The number of rotatable bonds is 5. The van der Waals surface area contributed by atoms with Crippen LogP contribution < -0.4 is 10.6 Å². The fraction of sp³-hybridized carbons (Fsp3) is 0.526. The summed E-state index contributed by atoms with van der Waals surface area (Å²) in [4.78, 5) is 38.7. The molecule has 0 spiro atoms. The van der Waals surface area contributed by atoms with Crippen LogP contribution >= 0.6 is 0 Å². The molecule has 3 atom stereocenters. The summed E-state index contributed by atoms with van der Waals surface area (Å²) in [7, 11) is 1.06. The van der Waals surface area contributed by atoms with Crippen molar-refractivity contribution in [2.75, 3.05) is 13.5 Å². The molecule has 26 heavy (non-hydrogen) atoms. The second kappa shape index (κ2) is 8.31. The van der Waals surface area contributed by atoms with Gasteiger partial charge in [-0.15, -0.1) is 0 Å². The molecule has 0 aliphatic carbocycles. The van der Waals surface area contributed by atoms with Crippen LogP contribution in [0.3, 0.4) is 0 Å². The van der Waals surface area contributed by atoms with Gasteiger partial charge in [0.1, 0.15) is 18.2 Å². The van der Waals surface area contributed by atoms with E-state index < -0.39 is 84.5 Å². The predicted octanol–water partition coefficient (Wildman–Crippen LogP) is 0.380. The molecule has 0 saturated carbocycles. The highest BCUT2D eigenvalue weighted by molar-refractivity contribution is 5.93. The summed E-state index contributed by atoms with van der Waals surface area (Å²) in [6.45, 7) is 2.01. The number of nitrogens with zero attached hydrogens (tertiary/aromatic N) is 1. The van der Waals surface area contributed by atoms with Crippen LogP contribution in [0.2, 0.25) is 0 Å². The van der Waals surface area contributed by atoms with Crippen LogP contribution in [0.1, 0.15) is 47.5 Å². The van der Waals surface area contributed by atoms with E-state index in [9.17, 15) is 19.5 Å². The van der Waals surface area contributed by atoms with E-state index in [0.717, 1.165) is 7.05 Å². The molecule has 0 unspecified atom stereocenters. The van der Waals surface area contributed by atoms with Crippen LogP contribution in [0.15, 0.2) is 24.2 Å². The number of aliphatic hydroxyl groups is 1. The van der Waals surface area contributed by atoms with Gasteiger partial charge in [-0.3, -0.25) is 14.4 Å². The average Bonchev–Trinajstić information content (AvgIpc) is 2.78. The molecule has 0 saturated heterocycles. The number of nitrogens with one attached hydrogen (secondary N) is 2. The van der Waals surface area contributed by atoms with Gasteiger partial charge in [-0.25, -0.2) is 0 Å². The van der Waals surface area contributed by atoms with E-state index in [1.54, 1.807) is 13.8 Å². The highest BCUT2D eigenvalue weighted by atomic mass is 16.3. The Morgan fingerprint density at radius 1 is 1.35 bits per heavy atom. The summed E-state index contributed by atoms with van der Waals surface area (Å²) in [5.74, 6) is -3.60. The lowest BCUT2D eigenvalue weighted by molar-refractivity contribution is -0.137. The van der Waals surface area contributed by atoms with Crippen LogP contribution in [0, 0.1) is 5.92 Å². The van der Waals surface area contributed by atoms with Crippen molar-refractivity contribution in [3.63, 3.8) is 0 Å². The van der Waals surface area contributed by atoms with Gasteiger partial charge in [-0.2, -0.15) is 0 Å². The zero-order valence-electron chi connectivity index (χ0n) is 22.1. The summed E-state index contributed by atoms with van der Waals surface area (Å²) < 4.78 is 57.4. The van der Waals surface area contributed by atoms with Crippen molar-refractivity contribution in [3.8, 4) is 0 Å². The van der Waals surface area contributed by atoms with Gasteiger partial charge in [-0.05, 0) is 30.4 Å². The second-order valence-corrected chi connectivity index (χ2v) is 6.34. The lowest BCUT2D eigenvalue weighted by Gasteiger charge is -2.24. The van der Waals surface area contributed by atoms with Crippen molar-refractivity contribution in [1.82, 2.24) is 15.5 Å². The first-order valence-electron chi connectivity index (χ1n) is 11.7. The Labute approximate surface area is 163 Å². The van der Waals surface area contributed by atoms with Gasteiger partial charge in [0.15, 0.2) is 0 Å². The first-order valence-corrected chi connectivity index (χ1v) is 8.15. The topological polar surface area (TPSA) is 98.7 Å². The molecule has 3 amide bonds. The number of hydrogen-bond acceptors (Lipinski definition) is 4. The number of carbonyl (C=O) groups is 3. The minimum atomic E-state index is -2.81. The Hall–Kier alpha value is -2.41. The average molecular weight is 368 g/mol. The lowest BCUT2D eigenvalue weighted by atomic mass is 9.99. The van der Waals surface area contributed by atoms with E-state index in [-0.39, 0.29) is 5.56 Å². The smallest absolute Gasteiger partial charge is 0.249 e. The van der Waals surface area contributed by atoms with E-state index in [4.69, 9.17) is 9.60 Å². The van der Waals surface area contributed by atoms with Crippen LogP contribution in [0.25, 0.3) is 0 Å². The van der Waals surface area contributed by atoms with Crippen LogP contribution in [-0.2, 0) is 20.8 Å². The SMILES string of the molecule is [2H]c1c([2H])c([2H])c2c(c1[2H])CC([2H])([2H])N(C)C(=O)[C@@]2([2H])NC(=O)[C@H](C)NC(=O)[C@@H](O)C(C)C. The number of likely N-dealkylation sites (N-methyl/N-ethyl adjacent to an activating group) is 1. The van der Waals surface area contributed by atoms with Crippen LogP contribution in [0.5, 0.6) is 0 Å². The predicted molar refractivity (Wildman–Crippen MR) is 97.1 cm³/mol. The first-order chi connectivity index (χ1) is 15.0. The van der Waals surface area contributed by atoms with Gasteiger partial charge in [-0.1, -0.05) is 38.0 Å². The van der Waals surface area contributed by atoms with Crippen LogP contribution in [0.4, 0.5) is 0 Å². The number of benzene rings is 1. The van der Waals surface area contributed by atoms with Crippen molar-refractivity contribution < 1.29 is 29.1 Å². The molecule has 1 aromatic carbocycles. The lowest BCUT2D eigenvalue weighted by Crippen LogP contribution is -2.51. The Kier molecular flexibility index (Phi) is 3.86. The zero-order chi connectivity index (χ0) is 25.6. The third-order valence-electron chi connectivity index (χ3n) is 3.93. The van der Waals surface area contributed by atoms with Gasteiger partial charge in [0.2, 0.25) is 17.7 Å². The Morgan fingerprint density at radius 3 is 2.65 bits per heavy atom. The Morgan fingerprint density at radius 2 is 2.00 bits per heavy atom. The molecule has 0 bridgehead atoms. The van der Waals surface area contributed by atoms with E-state index in [2.05, 4.69) is 10.6 Å². The van der Waals surface area contributed by atoms with E-state index in [1.807, 2.05) is 0 Å². The minimum Gasteiger partial charge on any atom is -0.383 e. The van der Waals surface area contributed by atoms with E-state index in [0.29, 0.717) is 4.90 Å².